The average Bonchev–Trinajstić information content (AvgIpc) is 2.32. The summed E-state index contributed by atoms with van der Waals surface area (Å²) in [5.74, 6) is 0. The van der Waals surface area contributed by atoms with Crippen LogP contribution in [0.25, 0.3) is 0 Å². The van der Waals surface area contributed by atoms with Gasteiger partial charge in [0.25, 0.3) is 0 Å². The van der Waals surface area contributed by atoms with Crippen LogP contribution in [0.3, 0.4) is 0 Å². The van der Waals surface area contributed by atoms with Gasteiger partial charge in [-0.05, 0) is 26.5 Å². The van der Waals surface area contributed by atoms with Gasteiger partial charge in [-0.15, -0.1) is 4.48 Å². The van der Waals surface area contributed by atoms with Crippen LogP contribution in [0.4, 0.5) is 4.48 Å². The molecule has 0 saturated heterocycles. The van der Waals surface area contributed by atoms with Crippen LogP contribution in [0.5, 0.6) is 0 Å². The second-order valence-corrected chi connectivity index (χ2v) is 2.09. The van der Waals surface area contributed by atoms with E-state index >= 15 is 0 Å². The van der Waals surface area contributed by atoms with Crippen molar-refractivity contribution in [2.24, 2.45) is 4.99 Å². The van der Waals surface area contributed by atoms with Gasteiger partial charge in [0.15, 0.2) is 0 Å². The van der Waals surface area contributed by atoms with Crippen LogP contribution in [-0.2, 0) is 0 Å². The molecule has 3 nitrogen and oxygen atoms in total. The lowest BCUT2D eigenvalue weighted by atomic mass is 10.4. The third-order valence-electron chi connectivity index (χ3n) is 0.626. The molecule has 94 valence electrons. The molecule has 0 heterocycles. The zero-order chi connectivity index (χ0) is 13.1. The lowest BCUT2D eigenvalue weighted by Gasteiger charge is -1.89. The van der Waals surface area contributed by atoms with Crippen LogP contribution >= 0.6 is 0 Å². The van der Waals surface area contributed by atoms with Gasteiger partial charge in [0.1, 0.15) is 6.34 Å². The first kappa shape index (κ1) is 23.7. The highest BCUT2D eigenvalue weighted by atomic mass is 19.2. The Morgan fingerprint density at radius 1 is 1.27 bits per heavy atom. The normalized spacial score (nSPS) is 7.53. The summed E-state index contributed by atoms with van der Waals surface area (Å²) in [6.45, 7) is 13.7. The van der Waals surface area contributed by atoms with Crippen molar-refractivity contribution in [1.29, 1.82) is 5.41 Å². The molecule has 0 aromatic heterocycles. The Hall–Kier alpha value is -0.930. The molecule has 0 unspecified atom stereocenters. The topological polar surface area (TPSA) is 48.2 Å². The third-order valence-corrected chi connectivity index (χ3v) is 0.626. The summed E-state index contributed by atoms with van der Waals surface area (Å²) >= 11 is 0. The Balaban J connectivity index is -0.0000000647. The van der Waals surface area contributed by atoms with Gasteiger partial charge in [-0.3, -0.25) is 4.99 Å². The van der Waals surface area contributed by atoms with Crippen molar-refractivity contribution < 1.29 is 4.48 Å². The molecule has 0 aromatic rings. The van der Waals surface area contributed by atoms with Crippen molar-refractivity contribution in [1.82, 2.24) is 5.54 Å². The highest BCUT2D eigenvalue weighted by Crippen LogP contribution is 1.79. The maximum absolute atomic E-state index is 11.0. The van der Waals surface area contributed by atoms with E-state index in [-0.39, 0.29) is 6.04 Å². The van der Waals surface area contributed by atoms with Crippen molar-refractivity contribution in [3.05, 3.63) is 0 Å². The fourth-order valence-electron chi connectivity index (χ4n) is 0.177. The molecule has 0 aromatic carbocycles. The number of aliphatic imine (C=N–C) groups is 1. The molecule has 0 bridgehead atoms. The zero-order valence-electron chi connectivity index (χ0n) is 11.3. The molecule has 0 aliphatic heterocycles. The molecular weight excluding hydrogens is 193 g/mol. The van der Waals surface area contributed by atoms with Crippen LogP contribution in [0.15, 0.2) is 4.99 Å². The van der Waals surface area contributed by atoms with Crippen LogP contribution in [0.2, 0.25) is 0 Å². The molecule has 0 amide bonds. The van der Waals surface area contributed by atoms with Crippen LogP contribution in [-0.4, -0.2) is 18.6 Å². The highest BCUT2D eigenvalue weighted by molar-refractivity contribution is 5.52. The lowest BCUT2D eigenvalue weighted by Crippen LogP contribution is -1.98. The molecule has 0 spiro atoms. The molecule has 0 radical (unpaired) electrons. The molecule has 0 rings (SSSR count). The van der Waals surface area contributed by atoms with Crippen LogP contribution in [0, 0.1) is 5.41 Å². The Morgan fingerprint density at radius 2 is 1.60 bits per heavy atom. The maximum Gasteiger partial charge on any atom is 0.112 e. The zero-order valence-corrected chi connectivity index (χ0v) is 11.3. The molecule has 0 aliphatic carbocycles. The van der Waals surface area contributed by atoms with Gasteiger partial charge in [0.2, 0.25) is 0 Å². The molecule has 2 N–H and O–H groups in total. The Kier molecular flexibility index (Phi) is 60.2. The predicted octanol–water partition coefficient (Wildman–Crippen LogP) is 4.00. The van der Waals surface area contributed by atoms with E-state index in [4.69, 9.17) is 5.41 Å². The minimum Gasteiger partial charge on any atom is -0.313 e. The third kappa shape index (κ3) is 96.7. The summed E-state index contributed by atoms with van der Waals surface area (Å²) < 4.78 is 11.0. The SMILES string of the molecule is CC.CC.CC(C)N=CNF.CCC=N. The molecule has 0 atom stereocenters. The largest absolute Gasteiger partial charge is 0.313 e. The summed E-state index contributed by atoms with van der Waals surface area (Å²) in [5.41, 5.74) is 1.31. The Labute approximate surface area is 94.6 Å². The Bertz CT molecular complexity index is 104. The van der Waals surface area contributed by atoms with Crippen molar-refractivity contribution in [3.8, 4) is 0 Å². The number of rotatable bonds is 3. The van der Waals surface area contributed by atoms with E-state index in [1.165, 1.54) is 11.8 Å². The van der Waals surface area contributed by atoms with Crippen molar-refractivity contribution in [2.45, 2.75) is 60.9 Å². The van der Waals surface area contributed by atoms with Gasteiger partial charge in [0.05, 0.1) is 0 Å². The first-order valence-corrected chi connectivity index (χ1v) is 5.55. The predicted molar refractivity (Wildman–Crippen MR) is 69.6 cm³/mol. The standard InChI is InChI=1S/C4H9FN2.C3H7N.2C2H6/c1-4(2)6-3-7-5;1-2-3-4;2*1-2/h3-4H,1-2H3,(H,6,7);3-4H,2H2,1H3;2*1-2H3. The minimum absolute atomic E-state index is 0.170. The Morgan fingerprint density at radius 3 is 1.67 bits per heavy atom. The maximum atomic E-state index is 11.0. The molecule has 0 saturated carbocycles. The summed E-state index contributed by atoms with van der Waals surface area (Å²) in [7, 11) is 0. The van der Waals surface area contributed by atoms with E-state index < -0.39 is 0 Å². The summed E-state index contributed by atoms with van der Waals surface area (Å²) in [4.78, 5) is 3.63. The second-order valence-electron chi connectivity index (χ2n) is 2.09. The number of hydrogen-bond acceptors (Lipinski definition) is 2. The number of nitrogens with one attached hydrogen (secondary N) is 2. The molecular formula is C11H28FN3. The van der Waals surface area contributed by atoms with Crippen LogP contribution in [0.1, 0.15) is 54.9 Å². The van der Waals surface area contributed by atoms with Crippen LogP contribution < -0.4 is 5.54 Å². The fraction of sp³-hybridized carbons (Fsp3) is 0.818. The van der Waals surface area contributed by atoms with Gasteiger partial charge < -0.3 is 5.41 Å². The summed E-state index contributed by atoms with van der Waals surface area (Å²) in [6.07, 6.45) is 3.27. The molecule has 4 heteroatoms. The van der Waals surface area contributed by atoms with E-state index in [2.05, 4.69) is 4.99 Å². The van der Waals surface area contributed by atoms with E-state index in [1.54, 1.807) is 0 Å². The average molecular weight is 221 g/mol. The monoisotopic (exact) mass is 221 g/mol. The fourth-order valence-corrected chi connectivity index (χ4v) is 0.177. The first-order valence-electron chi connectivity index (χ1n) is 5.55. The number of halogens is 1. The van der Waals surface area contributed by atoms with Crippen molar-refractivity contribution in [3.63, 3.8) is 0 Å². The van der Waals surface area contributed by atoms with Gasteiger partial charge >= 0.3 is 0 Å². The highest BCUT2D eigenvalue weighted by Gasteiger charge is 1.79. The van der Waals surface area contributed by atoms with Crippen molar-refractivity contribution in [2.75, 3.05) is 0 Å². The number of nitrogens with zero attached hydrogens (tertiary/aromatic N) is 1. The molecule has 15 heavy (non-hydrogen) atoms. The van der Waals surface area contributed by atoms with Crippen molar-refractivity contribution >= 4 is 12.6 Å². The van der Waals surface area contributed by atoms with Gasteiger partial charge in [-0.25, -0.2) is 5.54 Å². The van der Waals surface area contributed by atoms with E-state index in [0.717, 1.165) is 12.8 Å². The quantitative estimate of drug-likeness (QED) is 0.422. The van der Waals surface area contributed by atoms with Gasteiger partial charge in [0, 0.05) is 6.04 Å². The number of hydrogen-bond donors (Lipinski definition) is 2. The minimum atomic E-state index is 0.170. The summed E-state index contributed by atoms with van der Waals surface area (Å²) in [6, 6.07) is 0.170. The second kappa shape index (κ2) is 38.1. The van der Waals surface area contributed by atoms with E-state index in [0.29, 0.717) is 0 Å². The lowest BCUT2D eigenvalue weighted by molar-refractivity contribution is 0.439. The first-order chi connectivity index (χ1) is 7.18. The van der Waals surface area contributed by atoms with E-state index in [1.807, 2.05) is 48.5 Å². The van der Waals surface area contributed by atoms with E-state index in [9.17, 15) is 4.48 Å². The van der Waals surface area contributed by atoms with Gasteiger partial charge in [-0.2, -0.15) is 0 Å². The van der Waals surface area contributed by atoms with Gasteiger partial charge in [-0.1, -0.05) is 34.6 Å². The summed E-state index contributed by atoms with van der Waals surface area (Å²) in [5, 5.41) is 6.33. The molecule has 0 aliphatic rings. The molecule has 0 fully saturated rings. The smallest absolute Gasteiger partial charge is 0.112 e.